The van der Waals surface area contributed by atoms with Gasteiger partial charge in [0.05, 0.1) is 16.7 Å². The van der Waals surface area contributed by atoms with Crippen LogP contribution in [0.5, 0.6) is 0 Å². The standard InChI is InChI=1S/C60H40N2O/c1-3-15-39(16-4-1)41-27-30-45(31-28-41)61(54-36-44-21-9-10-22-48(44)49-23-11-12-24-50(49)54)47-33-34-53-52(37-47)59-55(62(53)46-32-29-40-17-7-8-20-43(40)35-46)38-57-60(51-25-13-14-26-56(51)63-57)58(59)42-18-5-2-6-19-42/h1-15,17-39H,16H2. The molecule has 0 N–H and O–H groups in total. The van der Waals surface area contributed by atoms with E-state index >= 15 is 0 Å². The Bertz CT molecular complexity index is 3830. The first-order valence-corrected chi connectivity index (χ1v) is 21.9. The average molecular weight is 805 g/mol. The van der Waals surface area contributed by atoms with Crippen molar-refractivity contribution in [3.05, 3.63) is 230 Å². The van der Waals surface area contributed by atoms with Crippen LogP contribution in [0.25, 0.3) is 92.9 Å². The first-order valence-electron chi connectivity index (χ1n) is 21.9. The van der Waals surface area contributed by atoms with Crippen LogP contribution in [0.2, 0.25) is 0 Å². The first-order chi connectivity index (χ1) is 31.2. The third kappa shape index (κ3) is 5.67. The lowest BCUT2D eigenvalue weighted by Crippen LogP contribution is -2.11. The van der Waals surface area contributed by atoms with Gasteiger partial charge in [-0.2, -0.15) is 0 Å². The molecule has 1 atom stereocenters. The van der Waals surface area contributed by atoms with Gasteiger partial charge in [0.2, 0.25) is 0 Å². The number of hydrogen-bond donors (Lipinski definition) is 0. The number of anilines is 3. The van der Waals surface area contributed by atoms with Crippen LogP contribution in [-0.2, 0) is 0 Å². The van der Waals surface area contributed by atoms with Crippen LogP contribution in [0.15, 0.2) is 229 Å². The second-order valence-electron chi connectivity index (χ2n) is 16.8. The van der Waals surface area contributed by atoms with Crippen molar-refractivity contribution >= 4 is 93.1 Å². The molecule has 3 heteroatoms. The zero-order chi connectivity index (χ0) is 41.4. The summed E-state index contributed by atoms with van der Waals surface area (Å²) in [6.07, 6.45) is 9.90. The van der Waals surface area contributed by atoms with Gasteiger partial charge in [-0.15, -0.1) is 0 Å². The molecule has 0 aliphatic heterocycles. The number of benzene rings is 10. The fourth-order valence-corrected chi connectivity index (χ4v) is 10.3. The highest BCUT2D eigenvalue weighted by molar-refractivity contribution is 6.27. The van der Waals surface area contributed by atoms with Crippen LogP contribution in [0.3, 0.4) is 0 Å². The van der Waals surface area contributed by atoms with Crippen molar-refractivity contribution in [3.8, 4) is 16.8 Å². The van der Waals surface area contributed by atoms with E-state index in [1.54, 1.807) is 0 Å². The zero-order valence-electron chi connectivity index (χ0n) is 34.4. The summed E-state index contributed by atoms with van der Waals surface area (Å²) in [4.78, 5) is 2.47. The topological polar surface area (TPSA) is 21.3 Å². The molecule has 10 aromatic carbocycles. The van der Waals surface area contributed by atoms with Crippen molar-refractivity contribution in [1.82, 2.24) is 4.57 Å². The third-order valence-electron chi connectivity index (χ3n) is 13.2. The Labute approximate surface area is 364 Å². The van der Waals surface area contributed by atoms with E-state index in [1.165, 1.54) is 54.2 Å². The summed E-state index contributed by atoms with van der Waals surface area (Å²) in [5, 5.41) is 11.9. The minimum Gasteiger partial charge on any atom is -0.456 e. The maximum Gasteiger partial charge on any atom is 0.138 e. The van der Waals surface area contributed by atoms with Gasteiger partial charge in [-0.25, -0.2) is 0 Å². The Kier molecular flexibility index (Phi) is 8.04. The molecule has 1 aliphatic rings. The average Bonchev–Trinajstić information content (AvgIpc) is 3.89. The number of nitrogens with zero attached hydrogens (tertiary/aromatic N) is 2. The van der Waals surface area contributed by atoms with Gasteiger partial charge in [-0.05, 0) is 99.1 Å². The van der Waals surface area contributed by atoms with Crippen LogP contribution in [0.1, 0.15) is 17.9 Å². The number of rotatable bonds is 6. The molecule has 296 valence electrons. The molecule has 0 saturated heterocycles. The lowest BCUT2D eigenvalue weighted by Gasteiger charge is -2.28. The van der Waals surface area contributed by atoms with E-state index in [0.29, 0.717) is 5.92 Å². The lowest BCUT2D eigenvalue weighted by atomic mass is 9.92. The summed E-state index contributed by atoms with van der Waals surface area (Å²) in [5.74, 6) is 0.365. The largest absolute Gasteiger partial charge is 0.456 e. The SMILES string of the molecule is C1=CCC(c2ccc(N(c3ccc4c(c3)c3c(-c5ccccc5)c5c(cc3n4-c3ccc4ccccc4c3)oc3ccccc35)c3cc4ccccc4c4ccccc34)cc2)C=C1. The molecule has 3 nitrogen and oxygen atoms in total. The van der Waals surface area contributed by atoms with E-state index in [0.717, 1.165) is 67.7 Å². The molecule has 2 aromatic heterocycles. The van der Waals surface area contributed by atoms with Crippen molar-refractivity contribution in [2.24, 2.45) is 0 Å². The summed E-state index contributed by atoms with van der Waals surface area (Å²) in [6.45, 7) is 0. The molecule has 0 radical (unpaired) electrons. The van der Waals surface area contributed by atoms with E-state index in [2.05, 4.69) is 234 Å². The van der Waals surface area contributed by atoms with Gasteiger partial charge in [0.1, 0.15) is 11.2 Å². The number of allylic oxidation sites excluding steroid dienone is 4. The molecule has 1 aliphatic carbocycles. The summed E-state index contributed by atoms with van der Waals surface area (Å²) in [6, 6.07) is 73.4. The molecule has 0 amide bonds. The minimum atomic E-state index is 0.365. The molecule has 2 heterocycles. The van der Waals surface area contributed by atoms with Crippen molar-refractivity contribution < 1.29 is 4.42 Å². The number of hydrogen-bond acceptors (Lipinski definition) is 2. The quantitative estimate of drug-likeness (QED) is 0.156. The Morgan fingerprint density at radius 1 is 0.460 bits per heavy atom. The van der Waals surface area contributed by atoms with E-state index in [-0.39, 0.29) is 0 Å². The maximum absolute atomic E-state index is 6.76. The summed E-state index contributed by atoms with van der Waals surface area (Å²) in [5.41, 5.74) is 12.1. The molecule has 0 bridgehead atoms. The van der Waals surface area contributed by atoms with Crippen molar-refractivity contribution in [2.75, 3.05) is 4.90 Å². The van der Waals surface area contributed by atoms with Crippen LogP contribution in [0, 0.1) is 0 Å². The molecular formula is C60H40N2O. The summed E-state index contributed by atoms with van der Waals surface area (Å²) in [7, 11) is 0. The first kappa shape index (κ1) is 35.6. The van der Waals surface area contributed by atoms with Crippen molar-refractivity contribution in [3.63, 3.8) is 0 Å². The van der Waals surface area contributed by atoms with Gasteiger partial charge >= 0.3 is 0 Å². The van der Waals surface area contributed by atoms with Crippen LogP contribution >= 0.6 is 0 Å². The van der Waals surface area contributed by atoms with Gasteiger partial charge in [0, 0.05) is 61.5 Å². The van der Waals surface area contributed by atoms with Gasteiger partial charge < -0.3 is 13.9 Å². The van der Waals surface area contributed by atoms with E-state index in [1.807, 2.05) is 0 Å². The van der Waals surface area contributed by atoms with Crippen LogP contribution in [0.4, 0.5) is 17.1 Å². The molecule has 0 fully saturated rings. The molecular weight excluding hydrogens is 765 g/mol. The van der Waals surface area contributed by atoms with Gasteiger partial charge in [0.25, 0.3) is 0 Å². The fourth-order valence-electron chi connectivity index (χ4n) is 10.3. The highest BCUT2D eigenvalue weighted by Crippen LogP contribution is 2.49. The molecule has 63 heavy (non-hydrogen) atoms. The Morgan fingerprint density at radius 2 is 1.17 bits per heavy atom. The lowest BCUT2D eigenvalue weighted by molar-refractivity contribution is 0.669. The molecule has 13 rings (SSSR count). The van der Waals surface area contributed by atoms with Gasteiger partial charge in [-0.3, -0.25) is 0 Å². The van der Waals surface area contributed by atoms with Crippen molar-refractivity contribution in [2.45, 2.75) is 12.3 Å². The number of furan rings is 1. The second-order valence-corrected chi connectivity index (χ2v) is 16.8. The zero-order valence-corrected chi connectivity index (χ0v) is 34.4. The summed E-state index contributed by atoms with van der Waals surface area (Å²) < 4.78 is 9.20. The monoisotopic (exact) mass is 804 g/mol. The molecule has 0 spiro atoms. The number of para-hydroxylation sites is 1. The smallest absolute Gasteiger partial charge is 0.138 e. The summed E-state index contributed by atoms with van der Waals surface area (Å²) >= 11 is 0. The Morgan fingerprint density at radius 3 is 2.00 bits per heavy atom. The van der Waals surface area contributed by atoms with Gasteiger partial charge in [-0.1, -0.05) is 164 Å². The normalized spacial score (nSPS) is 14.0. The third-order valence-corrected chi connectivity index (χ3v) is 13.2. The van der Waals surface area contributed by atoms with Gasteiger partial charge in [0.15, 0.2) is 0 Å². The van der Waals surface area contributed by atoms with E-state index < -0.39 is 0 Å². The maximum atomic E-state index is 6.76. The Hall–Kier alpha value is -8.14. The van der Waals surface area contributed by atoms with Crippen molar-refractivity contribution in [1.29, 1.82) is 0 Å². The fraction of sp³-hybridized carbons (Fsp3) is 0.0333. The number of fused-ring (bicyclic) bond motifs is 10. The molecule has 1 unspecified atom stereocenters. The highest BCUT2D eigenvalue weighted by atomic mass is 16.3. The molecule has 0 saturated carbocycles. The predicted molar refractivity (Wildman–Crippen MR) is 266 cm³/mol. The van der Waals surface area contributed by atoms with Crippen LogP contribution in [-0.4, -0.2) is 4.57 Å². The molecule has 12 aromatic rings. The van der Waals surface area contributed by atoms with E-state index in [4.69, 9.17) is 4.42 Å². The van der Waals surface area contributed by atoms with Crippen LogP contribution < -0.4 is 4.90 Å². The second kappa shape index (κ2) is 14.2. The minimum absolute atomic E-state index is 0.365. The van der Waals surface area contributed by atoms with E-state index in [9.17, 15) is 0 Å². The predicted octanol–water partition coefficient (Wildman–Crippen LogP) is 16.9. The highest BCUT2D eigenvalue weighted by Gasteiger charge is 2.25. The Balaban J connectivity index is 1.15. The number of aromatic nitrogens is 1.